The third-order valence-corrected chi connectivity index (χ3v) is 1.77. The molecule has 0 aliphatic rings. The molecule has 0 amide bonds. The molecule has 0 heterocycles. The van der Waals surface area contributed by atoms with Crippen molar-refractivity contribution in [1.82, 2.24) is 0 Å². The molecule has 0 spiro atoms. The van der Waals surface area contributed by atoms with Gasteiger partial charge >= 0.3 is 3.93 Å². The van der Waals surface area contributed by atoms with Gasteiger partial charge in [-0.15, -0.1) is 0 Å². The van der Waals surface area contributed by atoms with Gasteiger partial charge in [0.1, 0.15) is 5.83 Å². The van der Waals surface area contributed by atoms with Gasteiger partial charge in [-0.25, -0.2) is 4.39 Å². The summed E-state index contributed by atoms with van der Waals surface area (Å²) in [5.74, 6) is -0.959. The minimum atomic E-state index is -3.12. The first-order valence-electron chi connectivity index (χ1n) is 2.45. The molecule has 0 bridgehead atoms. The van der Waals surface area contributed by atoms with Crippen molar-refractivity contribution in [2.45, 2.75) is 10.9 Å². The first kappa shape index (κ1) is 10.0. The maximum atomic E-state index is 12.3. The summed E-state index contributed by atoms with van der Waals surface area (Å²) in [5, 5.41) is 0. The van der Waals surface area contributed by atoms with E-state index in [1.165, 1.54) is 0 Å². The average Bonchev–Trinajstić information content (AvgIpc) is 1.83. The number of alkyl halides is 3. The normalized spacial score (nSPS) is 14.5. The minimum Gasteiger partial charge on any atom is -0.207 e. The van der Waals surface area contributed by atoms with Gasteiger partial charge in [0.15, 0.2) is 0 Å². The van der Waals surface area contributed by atoms with Crippen molar-refractivity contribution in [3.05, 3.63) is 24.1 Å². The number of allylic oxidation sites excluding steroid dienone is 3. The highest BCUT2D eigenvalue weighted by atomic mass is 127. The summed E-state index contributed by atoms with van der Waals surface area (Å²) < 4.78 is 33.6. The van der Waals surface area contributed by atoms with E-state index in [9.17, 15) is 13.2 Å². The molecular weight excluding hydrogens is 256 g/mol. The van der Waals surface area contributed by atoms with Crippen LogP contribution in [0.15, 0.2) is 24.1 Å². The summed E-state index contributed by atoms with van der Waals surface area (Å²) in [7, 11) is 0. The first-order chi connectivity index (χ1) is 4.39. The SMILES string of the molecule is C=C/C(F)=C(\C)C(F)(F)I. The molecule has 0 aliphatic carbocycles. The molecule has 4 heteroatoms. The van der Waals surface area contributed by atoms with E-state index < -0.39 is 15.3 Å². The van der Waals surface area contributed by atoms with E-state index in [0.717, 1.165) is 35.6 Å². The van der Waals surface area contributed by atoms with Crippen LogP contribution in [0.25, 0.3) is 0 Å². The molecule has 0 fully saturated rings. The smallest absolute Gasteiger partial charge is 0.207 e. The van der Waals surface area contributed by atoms with E-state index in [4.69, 9.17) is 0 Å². The standard InChI is InChI=1S/C6H6F3I/c1-3-5(7)4(2)6(8,9)10/h3H,1H2,2H3/b5-4-. The molecule has 0 N–H and O–H groups in total. The lowest BCUT2D eigenvalue weighted by atomic mass is 10.3. The maximum absolute atomic E-state index is 12.3. The van der Waals surface area contributed by atoms with Gasteiger partial charge in [-0.1, -0.05) is 6.58 Å². The van der Waals surface area contributed by atoms with Gasteiger partial charge in [0.2, 0.25) is 0 Å². The Balaban J connectivity index is 4.63. The molecule has 0 aromatic heterocycles. The lowest BCUT2D eigenvalue weighted by Gasteiger charge is -2.07. The Kier molecular flexibility index (Phi) is 3.41. The lowest BCUT2D eigenvalue weighted by Crippen LogP contribution is -2.07. The highest BCUT2D eigenvalue weighted by Crippen LogP contribution is 2.33. The van der Waals surface area contributed by atoms with Crippen molar-refractivity contribution >= 4 is 22.6 Å². The van der Waals surface area contributed by atoms with Crippen molar-refractivity contribution in [1.29, 1.82) is 0 Å². The van der Waals surface area contributed by atoms with Gasteiger partial charge in [0, 0.05) is 28.2 Å². The lowest BCUT2D eigenvalue weighted by molar-refractivity contribution is 0.166. The van der Waals surface area contributed by atoms with Crippen LogP contribution in [0.2, 0.25) is 0 Å². The molecule has 0 atom stereocenters. The largest absolute Gasteiger partial charge is 0.320 e. The molecule has 0 nitrogen and oxygen atoms in total. The average molecular weight is 262 g/mol. The van der Waals surface area contributed by atoms with Crippen LogP contribution in [0.1, 0.15) is 6.92 Å². The third kappa shape index (κ3) is 2.72. The van der Waals surface area contributed by atoms with Crippen LogP contribution in [-0.2, 0) is 0 Å². The van der Waals surface area contributed by atoms with E-state index in [2.05, 4.69) is 6.58 Å². The Bertz CT molecular complexity index is 166. The molecule has 0 unspecified atom stereocenters. The maximum Gasteiger partial charge on any atom is 0.320 e. The summed E-state index contributed by atoms with van der Waals surface area (Å²) in [6, 6.07) is 0. The van der Waals surface area contributed by atoms with Crippen LogP contribution >= 0.6 is 22.6 Å². The fraction of sp³-hybridized carbons (Fsp3) is 0.333. The number of hydrogen-bond acceptors (Lipinski definition) is 0. The van der Waals surface area contributed by atoms with Gasteiger partial charge in [-0.2, -0.15) is 8.78 Å². The predicted molar refractivity (Wildman–Crippen MR) is 43.0 cm³/mol. The van der Waals surface area contributed by atoms with E-state index in [1.54, 1.807) is 0 Å². The van der Waals surface area contributed by atoms with Gasteiger partial charge in [0.25, 0.3) is 0 Å². The monoisotopic (exact) mass is 262 g/mol. The second-order valence-corrected chi connectivity index (χ2v) is 3.03. The molecule has 0 aromatic rings. The zero-order valence-electron chi connectivity index (χ0n) is 5.30. The first-order valence-corrected chi connectivity index (χ1v) is 3.53. The van der Waals surface area contributed by atoms with Gasteiger partial charge in [0.05, 0.1) is 0 Å². The molecule has 0 rings (SSSR count). The Labute approximate surface area is 70.9 Å². The van der Waals surface area contributed by atoms with Crippen LogP contribution in [0.5, 0.6) is 0 Å². The number of rotatable bonds is 2. The van der Waals surface area contributed by atoms with Gasteiger partial charge in [-0.05, 0) is 13.0 Å². The highest BCUT2D eigenvalue weighted by Gasteiger charge is 2.28. The molecular formula is C6H6F3I. The van der Waals surface area contributed by atoms with Crippen molar-refractivity contribution in [2.24, 2.45) is 0 Å². The molecule has 0 aromatic carbocycles. The summed E-state index contributed by atoms with van der Waals surface area (Å²) in [6.45, 7) is 4.06. The van der Waals surface area contributed by atoms with Crippen LogP contribution in [0.3, 0.4) is 0 Å². The Morgan fingerprint density at radius 3 is 2.10 bits per heavy atom. The Hall–Kier alpha value is -0.000000000000000222. The van der Waals surface area contributed by atoms with Crippen molar-refractivity contribution < 1.29 is 13.2 Å². The Morgan fingerprint density at radius 2 is 2.00 bits per heavy atom. The Morgan fingerprint density at radius 1 is 1.60 bits per heavy atom. The van der Waals surface area contributed by atoms with Crippen LogP contribution in [-0.4, -0.2) is 3.93 Å². The second kappa shape index (κ2) is 3.41. The topological polar surface area (TPSA) is 0 Å². The van der Waals surface area contributed by atoms with E-state index in [-0.39, 0.29) is 0 Å². The van der Waals surface area contributed by atoms with Crippen molar-refractivity contribution in [2.75, 3.05) is 0 Å². The molecule has 0 aliphatic heterocycles. The summed E-state index contributed by atoms with van der Waals surface area (Å²) in [6.07, 6.45) is 0.766. The molecule has 0 saturated heterocycles. The van der Waals surface area contributed by atoms with Crippen LogP contribution in [0, 0.1) is 0 Å². The van der Waals surface area contributed by atoms with E-state index in [1.807, 2.05) is 0 Å². The minimum absolute atomic E-state index is 0.594. The summed E-state index contributed by atoms with van der Waals surface area (Å²) in [5.41, 5.74) is -0.594. The fourth-order valence-corrected chi connectivity index (χ4v) is 0.546. The molecule has 58 valence electrons. The van der Waals surface area contributed by atoms with Crippen molar-refractivity contribution in [3.8, 4) is 0 Å². The second-order valence-electron chi connectivity index (χ2n) is 1.67. The van der Waals surface area contributed by atoms with Crippen LogP contribution < -0.4 is 0 Å². The number of halogens is 4. The molecule has 10 heavy (non-hydrogen) atoms. The van der Waals surface area contributed by atoms with E-state index >= 15 is 0 Å². The van der Waals surface area contributed by atoms with E-state index in [0.29, 0.717) is 0 Å². The van der Waals surface area contributed by atoms with Gasteiger partial charge < -0.3 is 0 Å². The van der Waals surface area contributed by atoms with Crippen LogP contribution in [0.4, 0.5) is 13.2 Å². The third-order valence-electron chi connectivity index (χ3n) is 0.963. The van der Waals surface area contributed by atoms with Crippen molar-refractivity contribution in [3.63, 3.8) is 0 Å². The zero-order chi connectivity index (χ0) is 8.36. The fourth-order valence-electron chi connectivity index (χ4n) is 0.288. The quantitative estimate of drug-likeness (QED) is 0.406. The highest BCUT2D eigenvalue weighted by molar-refractivity contribution is 14.1. The summed E-state index contributed by atoms with van der Waals surface area (Å²) >= 11 is 0.862. The zero-order valence-corrected chi connectivity index (χ0v) is 7.45. The molecule has 0 saturated carbocycles. The molecule has 0 radical (unpaired) electrons. The number of hydrogen-bond donors (Lipinski definition) is 0. The van der Waals surface area contributed by atoms with Gasteiger partial charge in [-0.3, -0.25) is 0 Å². The summed E-state index contributed by atoms with van der Waals surface area (Å²) in [4.78, 5) is 0. The predicted octanol–water partition coefficient (Wildman–Crippen LogP) is 3.44.